The van der Waals surface area contributed by atoms with Gasteiger partial charge in [0.2, 0.25) is 0 Å². The van der Waals surface area contributed by atoms with Crippen LogP contribution in [0.15, 0.2) is 30.5 Å². The Kier molecular flexibility index (Phi) is 4.74. The second kappa shape index (κ2) is 7.31. The van der Waals surface area contributed by atoms with E-state index in [0.29, 0.717) is 28.6 Å². The van der Waals surface area contributed by atoms with Gasteiger partial charge < -0.3 is 15.2 Å². The average Bonchev–Trinajstić information content (AvgIpc) is 3.34. The van der Waals surface area contributed by atoms with Gasteiger partial charge in [-0.05, 0) is 44.9 Å². The van der Waals surface area contributed by atoms with E-state index in [4.69, 9.17) is 4.74 Å². The van der Waals surface area contributed by atoms with Gasteiger partial charge in [0.1, 0.15) is 18.0 Å². The number of benzene rings is 1. The Balaban J connectivity index is 1.32. The van der Waals surface area contributed by atoms with Crippen molar-refractivity contribution < 1.29 is 14.2 Å². The first-order valence-corrected chi connectivity index (χ1v) is 11.0. The summed E-state index contributed by atoms with van der Waals surface area (Å²) >= 11 is 1.29. The summed E-state index contributed by atoms with van der Waals surface area (Å²) in [4.78, 5) is 0. The predicted octanol–water partition coefficient (Wildman–Crippen LogP) is 3.79. The molecule has 4 unspecified atom stereocenters. The van der Waals surface area contributed by atoms with E-state index in [1.165, 1.54) is 11.3 Å². The topological polar surface area (TPSA) is 85.1 Å². The average molecular weight is 430 g/mol. The number of nitrogens with zero attached hydrogens (tertiary/aromatic N) is 4. The van der Waals surface area contributed by atoms with Gasteiger partial charge in [-0.1, -0.05) is 16.4 Å². The molecule has 0 radical (unpaired) electrons. The zero-order chi connectivity index (χ0) is 20.9. The molecule has 0 spiro atoms. The molecule has 158 valence electrons. The maximum Gasteiger partial charge on any atom is 0.294 e. The highest BCUT2D eigenvalue weighted by Gasteiger charge is 2.44. The number of hydrogen-bond donors (Lipinski definition) is 2. The molecule has 2 saturated heterocycles. The van der Waals surface area contributed by atoms with Crippen molar-refractivity contribution in [2.24, 2.45) is 0 Å². The molecule has 30 heavy (non-hydrogen) atoms. The fraction of sp³-hybridized carbons (Fsp3) is 0.476. The number of alkyl halides is 1. The maximum absolute atomic E-state index is 14.2. The molecule has 9 heteroatoms. The molecule has 2 aromatic heterocycles. The molecule has 3 aromatic rings. The third-order valence-corrected chi connectivity index (χ3v) is 6.86. The molecule has 4 atom stereocenters. The first-order chi connectivity index (χ1) is 14.4. The highest BCUT2D eigenvalue weighted by molar-refractivity contribution is 7.16. The van der Waals surface area contributed by atoms with Gasteiger partial charge in [-0.15, -0.1) is 5.10 Å². The quantitative estimate of drug-likeness (QED) is 0.656. The van der Waals surface area contributed by atoms with Crippen molar-refractivity contribution in [2.45, 2.75) is 63.4 Å². The van der Waals surface area contributed by atoms with E-state index < -0.39 is 6.17 Å². The van der Waals surface area contributed by atoms with E-state index in [9.17, 15) is 9.50 Å². The third-order valence-electron chi connectivity index (χ3n) is 6.01. The SMILES string of the molecule is Cc1ccn(-c2ccc(-c3nnc(OC4CC5NC(C)(CCC5F)C4)s3)c(O)c2)n1. The molecule has 2 bridgehead atoms. The molecule has 0 amide bonds. The summed E-state index contributed by atoms with van der Waals surface area (Å²) in [7, 11) is 0. The Morgan fingerprint density at radius 1 is 1.33 bits per heavy atom. The van der Waals surface area contributed by atoms with Crippen LogP contribution in [0.3, 0.4) is 0 Å². The summed E-state index contributed by atoms with van der Waals surface area (Å²) in [6.07, 6.45) is 3.77. The van der Waals surface area contributed by atoms with Crippen LogP contribution in [0.25, 0.3) is 16.3 Å². The molecule has 0 saturated carbocycles. The number of nitrogens with one attached hydrogen (secondary N) is 1. The van der Waals surface area contributed by atoms with Gasteiger partial charge in [-0.25, -0.2) is 9.07 Å². The van der Waals surface area contributed by atoms with Crippen molar-refractivity contribution >= 4 is 11.3 Å². The summed E-state index contributed by atoms with van der Waals surface area (Å²) in [6, 6.07) is 7.06. The van der Waals surface area contributed by atoms with Crippen LogP contribution in [0.5, 0.6) is 10.9 Å². The Labute approximate surface area is 177 Å². The highest BCUT2D eigenvalue weighted by atomic mass is 32.1. The molecule has 7 nitrogen and oxygen atoms in total. The minimum absolute atomic E-state index is 0.0946. The van der Waals surface area contributed by atoms with Crippen LogP contribution < -0.4 is 10.1 Å². The predicted molar refractivity (Wildman–Crippen MR) is 112 cm³/mol. The van der Waals surface area contributed by atoms with E-state index in [0.717, 1.165) is 24.2 Å². The van der Waals surface area contributed by atoms with E-state index in [2.05, 4.69) is 27.5 Å². The lowest BCUT2D eigenvalue weighted by Gasteiger charge is -2.48. The number of phenols is 1. The number of aromatic nitrogens is 4. The van der Waals surface area contributed by atoms with E-state index >= 15 is 0 Å². The zero-order valence-electron chi connectivity index (χ0n) is 16.9. The van der Waals surface area contributed by atoms with Crippen molar-refractivity contribution in [1.82, 2.24) is 25.3 Å². The molecule has 2 aliphatic heterocycles. The Bertz CT molecular complexity index is 1070. The number of piperidine rings is 2. The van der Waals surface area contributed by atoms with E-state index in [-0.39, 0.29) is 23.4 Å². The van der Waals surface area contributed by atoms with Crippen LogP contribution in [-0.4, -0.2) is 48.9 Å². The van der Waals surface area contributed by atoms with Gasteiger partial charge in [0.25, 0.3) is 5.19 Å². The number of fused-ring (bicyclic) bond motifs is 2. The second-order valence-electron chi connectivity index (χ2n) is 8.52. The lowest BCUT2D eigenvalue weighted by atomic mass is 9.75. The molecule has 1 aromatic carbocycles. The lowest BCUT2D eigenvalue weighted by molar-refractivity contribution is 0.0126. The summed E-state index contributed by atoms with van der Waals surface area (Å²) in [5, 5.41) is 27.7. The van der Waals surface area contributed by atoms with Crippen LogP contribution in [0, 0.1) is 6.92 Å². The zero-order valence-corrected chi connectivity index (χ0v) is 17.7. The molecule has 2 N–H and O–H groups in total. The van der Waals surface area contributed by atoms with Crippen molar-refractivity contribution in [2.75, 3.05) is 0 Å². The van der Waals surface area contributed by atoms with Gasteiger partial charge in [0.15, 0.2) is 5.01 Å². The first kappa shape index (κ1) is 19.4. The normalized spacial score (nSPS) is 28.4. The minimum atomic E-state index is -0.830. The number of halogens is 1. The van der Waals surface area contributed by atoms with Gasteiger partial charge in [-0.2, -0.15) is 5.10 Å². The number of hydrogen-bond acceptors (Lipinski definition) is 7. The van der Waals surface area contributed by atoms with Gasteiger partial charge in [0, 0.05) is 36.7 Å². The fourth-order valence-electron chi connectivity index (χ4n) is 4.51. The van der Waals surface area contributed by atoms with Crippen LogP contribution in [0.1, 0.15) is 38.3 Å². The van der Waals surface area contributed by atoms with Crippen molar-refractivity contribution in [3.63, 3.8) is 0 Å². The van der Waals surface area contributed by atoms with Crippen LogP contribution in [-0.2, 0) is 0 Å². The molecule has 2 aliphatic rings. The molecule has 2 fully saturated rings. The molecule has 0 aliphatic carbocycles. The van der Waals surface area contributed by atoms with E-state index in [1.807, 2.05) is 25.3 Å². The van der Waals surface area contributed by atoms with Gasteiger partial charge in [-0.3, -0.25) is 0 Å². The Hall–Kier alpha value is -2.52. The van der Waals surface area contributed by atoms with Crippen LogP contribution in [0.4, 0.5) is 4.39 Å². The molecular formula is C21H24FN5O2S. The third kappa shape index (κ3) is 3.67. The summed E-state index contributed by atoms with van der Waals surface area (Å²) in [5.41, 5.74) is 2.16. The molecular weight excluding hydrogens is 405 g/mol. The van der Waals surface area contributed by atoms with E-state index in [1.54, 1.807) is 16.8 Å². The van der Waals surface area contributed by atoms with Crippen molar-refractivity contribution in [3.05, 3.63) is 36.2 Å². The fourth-order valence-corrected chi connectivity index (χ4v) is 5.30. The van der Waals surface area contributed by atoms with Crippen LogP contribution in [0.2, 0.25) is 0 Å². The number of phenolic OH excluding ortho intramolecular Hbond substituents is 1. The van der Waals surface area contributed by atoms with Gasteiger partial charge in [0.05, 0.1) is 16.9 Å². The summed E-state index contributed by atoms with van der Waals surface area (Å²) in [6.45, 7) is 4.05. The summed E-state index contributed by atoms with van der Waals surface area (Å²) in [5.74, 6) is 0.104. The highest BCUT2D eigenvalue weighted by Crippen LogP contribution is 2.39. The Morgan fingerprint density at radius 3 is 2.97 bits per heavy atom. The largest absolute Gasteiger partial charge is 0.507 e. The van der Waals surface area contributed by atoms with Crippen molar-refractivity contribution in [1.29, 1.82) is 0 Å². The van der Waals surface area contributed by atoms with Crippen LogP contribution >= 0.6 is 11.3 Å². The standard InChI is InChI=1S/C21H24FN5O2S/c1-12-6-8-27(26-12)13-3-4-15(18(28)9-13)19-24-25-20(30-19)29-14-10-17-16(22)5-7-21(2,11-14)23-17/h3-4,6,8-9,14,16-17,23,28H,5,7,10-11H2,1-2H3. The van der Waals surface area contributed by atoms with Gasteiger partial charge >= 0.3 is 0 Å². The monoisotopic (exact) mass is 429 g/mol. The number of ether oxygens (including phenoxy) is 1. The van der Waals surface area contributed by atoms with Crippen molar-refractivity contribution in [3.8, 4) is 27.2 Å². The maximum atomic E-state index is 14.2. The molecule has 5 rings (SSSR count). The second-order valence-corrected chi connectivity index (χ2v) is 9.46. The minimum Gasteiger partial charge on any atom is -0.507 e. The first-order valence-electron chi connectivity index (χ1n) is 10.2. The number of aryl methyl sites for hydroxylation is 1. The summed E-state index contributed by atoms with van der Waals surface area (Å²) < 4.78 is 22.0. The molecule has 4 heterocycles. The number of aromatic hydroxyl groups is 1. The lowest BCUT2D eigenvalue weighted by Crippen LogP contribution is -2.62. The smallest absolute Gasteiger partial charge is 0.294 e. The Morgan fingerprint density at radius 2 is 2.20 bits per heavy atom. The number of rotatable bonds is 4.